The minimum atomic E-state index is -3.59. The van der Waals surface area contributed by atoms with Crippen molar-refractivity contribution < 1.29 is 27.7 Å². The van der Waals surface area contributed by atoms with E-state index in [2.05, 4.69) is 5.32 Å². The van der Waals surface area contributed by atoms with Crippen molar-refractivity contribution >= 4 is 33.3 Å². The van der Waals surface area contributed by atoms with Gasteiger partial charge in [-0.2, -0.15) is 4.31 Å². The van der Waals surface area contributed by atoms with Crippen LogP contribution >= 0.6 is 0 Å². The number of nitrogens with one attached hydrogen (secondary N) is 1. The maximum atomic E-state index is 12.5. The second kappa shape index (κ2) is 9.23. The van der Waals surface area contributed by atoms with Crippen molar-refractivity contribution in [3.05, 3.63) is 64.2 Å². The second-order valence-corrected chi connectivity index (χ2v) is 8.92. The lowest BCUT2D eigenvalue weighted by molar-refractivity contribution is -0.384. The Morgan fingerprint density at radius 3 is 2.39 bits per heavy atom. The van der Waals surface area contributed by atoms with E-state index in [0.29, 0.717) is 13.1 Å². The largest absolute Gasteiger partial charge is 0.449 e. The summed E-state index contributed by atoms with van der Waals surface area (Å²) in [6.07, 6.45) is 0.458. The Hall–Kier alpha value is -3.31. The molecule has 164 valence electrons. The number of carbonyl (C=O) groups excluding carboxylic acids is 2. The zero-order valence-corrected chi connectivity index (χ0v) is 17.5. The molecule has 11 heteroatoms. The van der Waals surface area contributed by atoms with Gasteiger partial charge in [-0.05, 0) is 50.1 Å². The molecule has 0 aromatic heterocycles. The fourth-order valence-corrected chi connectivity index (χ4v) is 4.58. The van der Waals surface area contributed by atoms with Crippen LogP contribution in [-0.2, 0) is 19.6 Å². The normalized spacial score (nSPS) is 15.3. The molecule has 2 aromatic carbocycles. The average Bonchev–Trinajstić information content (AvgIpc) is 3.30. The van der Waals surface area contributed by atoms with Crippen LogP contribution in [0, 0.1) is 10.1 Å². The van der Waals surface area contributed by atoms with E-state index in [-0.39, 0.29) is 21.8 Å². The third-order valence-corrected chi connectivity index (χ3v) is 6.68. The van der Waals surface area contributed by atoms with Gasteiger partial charge in [0.15, 0.2) is 6.10 Å². The molecule has 1 saturated heterocycles. The van der Waals surface area contributed by atoms with Crippen molar-refractivity contribution in [2.75, 3.05) is 18.4 Å². The van der Waals surface area contributed by atoms with Crippen LogP contribution in [0.5, 0.6) is 0 Å². The van der Waals surface area contributed by atoms with Crippen LogP contribution in [0.1, 0.15) is 30.1 Å². The Morgan fingerprint density at radius 2 is 1.77 bits per heavy atom. The van der Waals surface area contributed by atoms with Crippen LogP contribution < -0.4 is 5.32 Å². The van der Waals surface area contributed by atoms with Gasteiger partial charge in [0.25, 0.3) is 11.6 Å². The number of hydrogen-bond donors (Lipinski definition) is 1. The molecule has 1 N–H and O–H groups in total. The zero-order chi connectivity index (χ0) is 22.6. The van der Waals surface area contributed by atoms with E-state index in [1.807, 2.05) is 0 Å². The van der Waals surface area contributed by atoms with Gasteiger partial charge in [0.2, 0.25) is 10.0 Å². The molecule has 1 aliphatic heterocycles. The first kappa shape index (κ1) is 22.4. The molecule has 3 rings (SSSR count). The minimum absolute atomic E-state index is 0.0856. The van der Waals surface area contributed by atoms with Crippen molar-refractivity contribution in [1.82, 2.24) is 4.31 Å². The first-order valence-electron chi connectivity index (χ1n) is 9.55. The molecule has 10 nitrogen and oxygen atoms in total. The number of nitrogens with zero attached hydrogens (tertiary/aromatic N) is 2. The molecule has 1 heterocycles. The van der Waals surface area contributed by atoms with Gasteiger partial charge >= 0.3 is 5.97 Å². The first-order chi connectivity index (χ1) is 14.7. The Balaban J connectivity index is 1.62. The molecule has 2 aromatic rings. The molecule has 31 heavy (non-hydrogen) atoms. The van der Waals surface area contributed by atoms with Gasteiger partial charge < -0.3 is 10.1 Å². The van der Waals surface area contributed by atoms with Crippen LogP contribution in [0.3, 0.4) is 0 Å². The van der Waals surface area contributed by atoms with Crippen LogP contribution in [0.25, 0.3) is 0 Å². The average molecular weight is 447 g/mol. The molecule has 0 aliphatic carbocycles. The summed E-state index contributed by atoms with van der Waals surface area (Å²) in [6, 6.07) is 10.7. The van der Waals surface area contributed by atoms with E-state index in [4.69, 9.17) is 4.74 Å². The van der Waals surface area contributed by atoms with Gasteiger partial charge in [-0.15, -0.1) is 0 Å². The number of carbonyl (C=O) groups is 2. The topological polar surface area (TPSA) is 136 Å². The molecular weight excluding hydrogens is 426 g/mol. The van der Waals surface area contributed by atoms with Crippen LogP contribution in [0.4, 0.5) is 11.4 Å². The summed E-state index contributed by atoms with van der Waals surface area (Å²) >= 11 is 0. The number of benzene rings is 2. The summed E-state index contributed by atoms with van der Waals surface area (Å²) in [5.74, 6) is -1.46. The number of nitro groups is 1. The van der Waals surface area contributed by atoms with E-state index < -0.39 is 32.9 Å². The van der Waals surface area contributed by atoms with Gasteiger partial charge in [0.1, 0.15) is 0 Å². The van der Waals surface area contributed by atoms with E-state index in [0.717, 1.165) is 12.8 Å². The fourth-order valence-electron chi connectivity index (χ4n) is 3.06. The lowest BCUT2D eigenvalue weighted by Crippen LogP contribution is -2.30. The number of sulfonamides is 1. The van der Waals surface area contributed by atoms with Gasteiger partial charge in [-0.25, -0.2) is 13.2 Å². The van der Waals surface area contributed by atoms with Crippen LogP contribution in [0.15, 0.2) is 53.4 Å². The molecular formula is C20H21N3O7S. The number of nitro benzene ring substituents is 1. The van der Waals surface area contributed by atoms with Gasteiger partial charge in [0.05, 0.1) is 15.4 Å². The SMILES string of the molecule is C[C@H](OC(=O)c1ccc(S(=O)(=O)N2CCCC2)cc1)C(=O)Nc1cccc([N+](=O)[O-])c1. The van der Waals surface area contributed by atoms with Gasteiger partial charge in [-0.1, -0.05) is 6.07 Å². The Bertz CT molecular complexity index is 1090. The van der Waals surface area contributed by atoms with Crippen LogP contribution in [0.2, 0.25) is 0 Å². The first-order valence-corrected chi connectivity index (χ1v) is 11.0. The third kappa shape index (κ3) is 5.25. The standard InChI is InChI=1S/C20H21N3O7S/c1-14(19(24)21-16-5-4-6-17(13-16)23(26)27)30-20(25)15-7-9-18(10-8-15)31(28,29)22-11-2-3-12-22/h4-10,13-14H,2-3,11-12H2,1H3,(H,21,24)/t14-/m0/s1. The maximum absolute atomic E-state index is 12.5. The molecule has 0 spiro atoms. The summed E-state index contributed by atoms with van der Waals surface area (Å²) in [4.78, 5) is 34.9. The molecule has 0 bridgehead atoms. The third-order valence-electron chi connectivity index (χ3n) is 4.77. The second-order valence-electron chi connectivity index (χ2n) is 6.98. The lowest BCUT2D eigenvalue weighted by atomic mass is 10.2. The quantitative estimate of drug-likeness (QED) is 0.391. The monoisotopic (exact) mass is 447 g/mol. The zero-order valence-electron chi connectivity index (χ0n) is 16.7. The van der Waals surface area contributed by atoms with Crippen molar-refractivity contribution in [2.45, 2.75) is 30.8 Å². The Labute approximate surface area is 179 Å². The molecule has 1 fully saturated rings. The molecule has 0 saturated carbocycles. The molecule has 1 atom stereocenters. The van der Waals surface area contributed by atoms with Crippen molar-refractivity contribution in [3.63, 3.8) is 0 Å². The van der Waals surface area contributed by atoms with E-state index in [9.17, 15) is 28.1 Å². The fraction of sp³-hybridized carbons (Fsp3) is 0.300. The summed E-state index contributed by atoms with van der Waals surface area (Å²) in [7, 11) is -3.59. The smallest absolute Gasteiger partial charge is 0.338 e. The molecule has 0 unspecified atom stereocenters. The Morgan fingerprint density at radius 1 is 1.13 bits per heavy atom. The van der Waals surface area contributed by atoms with Crippen molar-refractivity contribution in [2.24, 2.45) is 0 Å². The molecule has 1 amide bonds. The highest BCUT2D eigenvalue weighted by atomic mass is 32.2. The van der Waals surface area contributed by atoms with E-state index >= 15 is 0 Å². The summed E-state index contributed by atoms with van der Waals surface area (Å²) in [5, 5.41) is 13.3. The lowest BCUT2D eigenvalue weighted by Gasteiger charge is -2.16. The van der Waals surface area contributed by atoms with E-state index in [1.165, 1.54) is 59.8 Å². The minimum Gasteiger partial charge on any atom is -0.449 e. The highest BCUT2D eigenvalue weighted by molar-refractivity contribution is 7.89. The van der Waals surface area contributed by atoms with Crippen molar-refractivity contribution in [3.8, 4) is 0 Å². The van der Waals surface area contributed by atoms with Crippen LogP contribution in [-0.4, -0.2) is 48.7 Å². The van der Waals surface area contributed by atoms with Gasteiger partial charge in [-0.3, -0.25) is 14.9 Å². The molecule has 0 radical (unpaired) electrons. The molecule has 1 aliphatic rings. The number of rotatable bonds is 7. The van der Waals surface area contributed by atoms with Crippen molar-refractivity contribution in [1.29, 1.82) is 0 Å². The van der Waals surface area contributed by atoms with E-state index in [1.54, 1.807) is 0 Å². The number of esters is 1. The summed E-state index contributed by atoms with van der Waals surface area (Å²) < 4.78 is 31.6. The number of anilines is 1. The number of amides is 1. The predicted octanol–water partition coefficient (Wildman–Crippen LogP) is 2.56. The maximum Gasteiger partial charge on any atom is 0.338 e. The Kier molecular flexibility index (Phi) is 6.66. The summed E-state index contributed by atoms with van der Waals surface area (Å²) in [6.45, 7) is 2.31. The van der Waals surface area contributed by atoms with Gasteiger partial charge in [0, 0.05) is 30.9 Å². The highest BCUT2D eigenvalue weighted by Gasteiger charge is 2.27. The summed E-state index contributed by atoms with van der Waals surface area (Å²) in [5.41, 5.74) is 0.0976. The highest BCUT2D eigenvalue weighted by Crippen LogP contribution is 2.22. The predicted molar refractivity (Wildman–Crippen MR) is 111 cm³/mol. The number of hydrogen-bond acceptors (Lipinski definition) is 7. The number of non-ortho nitro benzene ring substituents is 1. The number of ether oxygens (including phenoxy) is 1.